The quantitative estimate of drug-likeness (QED) is 0.714. The normalized spacial score (nSPS) is 15.9. The molecule has 0 bridgehead atoms. The van der Waals surface area contributed by atoms with E-state index in [-0.39, 0.29) is 11.1 Å². The Balaban J connectivity index is 3.26. The molecule has 0 spiro atoms. The van der Waals surface area contributed by atoms with Gasteiger partial charge in [-0.1, -0.05) is 6.92 Å². The van der Waals surface area contributed by atoms with Crippen LogP contribution in [0.2, 0.25) is 0 Å². The highest BCUT2D eigenvalue weighted by Gasteiger charge is 2.39. The summed E-state index contributed by atoms with van der Waals surface area (Å²) in [7, 11) is 0. The van der Waals surface area contributed by atoms with Crippen LogP contribution < -0.4 is 0 Å². The molecule has 1 heterocycles. The Kier molecular flexibility index (Phi) is 3.47. The second kappa shape index (κ2) is 4.50. The first-order chi connectivity index (χ1) is 7.78. The molecular weight excluding hydrogens is 226 g/mol. The van der Waals surface area contributed by atoms with Gasteiger partial charge in [0.25, 0.3) is 0 Å². The van der Waals surface area contributed by atoms with Gasteiger partial charge in [0.05, 0.1) is 5.56 Å². The van der Waals surface area contributed by atoms with Crippen molar-refractivity contribution in [3.8, 4) is 0 Å². The molecule has 0 saturated carbocycles. The number of carboxylic acid groups (broad SMARTS) is 2. The van der Waals surface area contributed by atoms with Crippen LogP contribution in [0.3, 0.4) is 0 Å². The molecule has 1 rings (SSSR count). The summed E-state index contributed by atoms with van der Waals surface area (Å²) >= 11 is 0. The lowest BCUT2D eigenvalue weighted by Gasteiger charge is -2.26. The summed E-state index contributed by atoms with van der Waals surface area (Å²) in [5, 5.41) is 27.6. The average Bonchev–Trinajstić information content (AvgIpc) is 2.27. The van der Waals surface area contributed by atoms with E-state index in [9.17, 15) is 14.7 Å². The average molecular weight is 239 g/mol. The molecule has 6 heteroatoms. The van der Waals surface area contributed by atoms with Gasteiger partial charge in [-0.25, -0.2) is 9.59 Å². The monoisotopic (exact) mass is 239 g/mol. The smallest absolute Gasteiger partial charge is 0.337 e. The van der Waals surface area contributed by atoms with E-state index in [1.807, 2.05) is 0 Å². The maximum atomic E-state index is 11.0. The molecule has 0 aliphatic rings. The van der Waals surface area contributed by atoms with Crippen LogP contribution >= 0.6 is 0 Å². The van der Waals surface area contributed by atoms with E-state index in [0.717, 1.165) is 13.1 Å². The molecule has 0 aromatic carbocycles. The lowest BCUT2D eigenvalue weighted by Crippen LogP contribution is -2.40. The zero-order valence-electron chi connectivity index (χ0n) is 9.41. The first-order valence-electron chi connectivity index (χ1n) is 4.91. The Morgan fingerprint density at radius 3 is 2.47 bits per heavy atom. The van der Waals surface area contributed by atoms with E-state index < -0.39 is 23.5 Å². The van der Waals surface area contributed by atoms with E-state index in [0.29, 0.717) is 0 Å². The topological polar surface area (TPSA) is 108 Å². The number of carbonyl (C=O) groups is 2. The molecule has 0 fully saturated rings. The Hall–Kier alpha value is -1.95. The van der Waals surface area contributed by atoms with Gasteiger partial charge in [-0.3, -0.25) is 4.98 Å². The number of nitrogens with zero attached hydrogens (tertiary/aromatic N) is 1. The van der Waals surface area contributed by atoms with Crippen molar-refractivity contribution in [2.24, 2.45) is 0 Å². The van der Waals surface area contributed by atoms with Crippen molar-refractivity contribution in [2.75, 3.05) is 0 Å². The lowest BCUT2D eigenvalue weighted by atomic mass is 9.83. The predicted octanol–water partition coefficient (Wildman–Crippen LogP) is 0.719. The van der Waals surface area contributed by atoms with Crippen molar-refractivity contribution in [3.63, 3.8) is 0 Å². The molecule has 2 unspecified atom stereocenters. The third-order valence-electron chi connectivity index (χ3n) is 2.83. The van der Waals surface area contributed by atoms with Gasteiger partial charge in [-0.15, -0.1) is 0 Å². The highest BCUT2D eigenvalue weighted by molar-refractivity contribution is 5.90. The summed E-state index contributed by atoms with van der Waals surface area (Å²) < 4.78 is 0. The van der Waals surface area contributed by atoms with E-state index in [2.05, 4.69) is 4.98 Å². The fourth-order valence-corrected chi connectivity index (χ4v) is 1.45. The van der Waals surface area contributed by atoms with Gasteiger partial charge in [0.1, 0.15) is 0 Å². The van der Waals surface area contributed by atoms with E-state index in [1.54, 1.807) is 0 Å². The number of hydrogen-bond donors (Lipinski definition) is 3. The Morgan fingerprint density at radius 1 is 1.41 bits per heavy atom. The highest BCUT2D eigenvalue weighted by atomic mass is 16.4. The summed E-state index contributed by atoms with van der Waals surface area (Å²) in [4.78, 5) is 25.5. The van der Waals surface area contributed by atoms with Gasteiger partial charge in [-0.2, -0.15) is 0 Å². The fraction of sp³-hybridized carbons (Fsp3) is 0.364. The van der Waals surface area contributed by atoms with Gasteiger partial charge >= 0.3 is 11.9 Å². The van der Waals surface area contributed by atoms with Crippen LogP contribution in [0.25, 0.3) is 0 Å². The molecule has 6 nitrogen and oxygen atoms in total. The minimum Gasteiger partial charge on any atom is -0.479 e. The van der Waals surface area contributed by atoms with E-state index >= 15 is 0 Å². The zero-order chi connectivity index (χ0) is 13.2. The molecule has 0 saturated heterocycles. The van der Waals surface area contributed by atoms with Gasteiger partial charge in [0.2, 0.25) is 0 Å². The SMILES string of the molecule is CC(c1ccncc1C(=O)O)C(C)(O)C(=O)O. The summed E-state index contributed by atoms with van der Waals surface area (Å²) in [5.41, 5.74) is -1.91. The number of aromatic carboxylic acids is 1. The standard InChI is InChI=1S/C11H13NO5/c1-6(11(2,17)10(15)16)7-3-4-12-5-8(7)9(13)14/h3-6,17H,1-2H3,(H,13,14)(H,15,16). The van der Waals surface area contributed by atoms with Gasteiger partial charge in [-0.05, 0) is 18.6 Å². The van der Waals surface area contributed by atoms with Crippen molar-refractivity contribution < 1.29 is 24.9 Å². The largest absolute Gasteiger partial charge is 0.479 e. The van der Waals surface area contributed by atoms with Crippen LogP contribution in [0.4, 0.5) is 0 Å². The number of aliphatic carboxylic acids is 1. The molecule has 0 aliphatic carbocycles. The molecule has 1 aromatic rings. The fourth-order valence-electron chi connectivity index (χ4n) is 1.45. The van der Waals surface area contributed by atoms with Crippen LogP contribution in [0.1, 0.15) is 35.7 Å². The molecule has 3 N–H and O–H groups in total. The van der Waals surface area contributed by atoms with Crippen molar-refractivity contribution in [3.05, 3.63) is 29.6 Å². The molecule has 17 heavy (non-hydrogen) atoms. The second-order valence-electron chi connectivity index (χ2n) is 3.94. The Morgan fingerprint density at radius 2 is 2.00 bits per heavy atom. The van der Waals surface area contributed by atoms with Crippen LogP contribution in [0.15, 0.2) is 18.5 Å². The van der Waals surface area contributed by atoms with Gasteiger partial charge < -0.3 is 15.3 Å². The van der Waals surface area contributed by atoms with E-state index in [1.165, 1.54) is 19.2 Å². The third kappa shape index (κ3) is 2.42. The molecular formula is C11H13NO5. The molecule has 2 atom stereocenters. The third-order valence-corrected chi connectivity index (χ3v) is 2.83. The van der Waals surface area contributed by atoms with Crippen LogP contribution in [-0.4, -0.2) is 37.8 Å². The molecule has 1 aromatic heterocycles. The summed E-state index contributed by atoms with van der Waals surface area (Å²) in [5.74, 6) is -3.48. The second-order valence-corrected chi connectivity index (χ2v) is 3.94. The van der Waals surface area contributed by atoms with Crippen molar-refractivity contribution >= 4 is 11.9 Å². The molecule has 0 radical (unpaired) electrons. The van der Waals surface area contributed by atoms with E-state index in [4.69, 9.17) is 10.2 Å². The number of hydrogen-bond acceptors (Lipinski definition) is 4. The van der Waals surface area contributed by atoms with Crippen LogP contribution in [0, 0.1) is 0 Å². The Bertz CT molecular complexity index is 455. The number of aromatic nitrogens is 1. The minimum absolute atomic E-state index is 0.110. The minimum atomic E-state index is -2.04. The maximum Gasteiger partial charge on any atom is 0.337 e. The number of carboxylic acids is 2. The number of rotatable bonds is 4. The maximum absolute atomic E-state index is 11.0. The molecule has 92 valence electrons. The Labute approximate surface area is 97.5 Å². The number of aliphatic hydroxyl groups is 1. The zero-order valence-corrected chi connectivity index (χ0v) is 9.41. The molecule has 0 aliphatic heterocycles. The first kappa shape index (κ1) is 13.1. The number of pyridine rings is 1. The first-order valence-corrected chi connectivity index (χ1v) is 4.91. The van der Waals surface area contributed by atoms with Gasteiger partial charge in [0, 0.05) is 18.3 Å². The molecule has 0 amide bonds. The van der Waals surface area contributed by atoms with Crippen molar-refractivity contribution in [1.29, 1.82) is 0 Å². The summed E-state index contributed by atoms with van der Waals surface area (Å²) in [6.45, 7) is 2.59. The lowest BCUT2D eigenvalue weighted by molar-refractivity contribution is -0.158. The summed E-state index contributed by atoms with van der Waals surface area (Å²) in [6.07, 6.45) is 2.49. The van der Waals surface area contributed by atoms with Crippen LogP contribution in [0.5, 0.6) is 0 Å². The van der Waals surface area contributed by atoms with Crippen molar-refractivity contribution in [2.45, 2.75) is 25.4 Å². The predicted molar refractivity (Wildman–Crippen MR) is 57.9 cm³/mol. The summed E-state index contributed by atoms with van der Waals surface area (Å²) in [6, 6.07) is 1.39. The van der Waals surface area contributed by atoms with Crippen molar-refractivity contribution in [1.82, 2.24) is 4.98 Å². The highest BCUT2D eigenvalue weighted by Crippen LogP contribution is 2.30. The van der Waals surface area contributed by atoms with Gasteiger partial charge in [0.15, 0.2) is 5.60 Å². The van der Waals surface area contributed by atoms with Crippen LogP contribution in [-0.2, 0) is 4.79 Å².